The van der Waals surface area contributed by atoms with Gasteiger partial charge in [0, 0.05) is 37.6 Å². The average Bonchev–Trinajstić information content (AvgIpc) is 2.46. The van der Waals surface area contributed by atoms with E-state index in [0.717, 1.165) is 12.8 Å². The zero-order valence-electron chi connectivity index (χ0n) is 13.7. The van der Waals surface area contributed by atoms with Gasteiger partial charge in [-0.3, -0.25) is 4.79 Å². The van der Waals surface area contributed by atoms with E-state index in [4.69, 9.17) is 0 Å². The number of hydrogen-bond donors (Lipinski definition) is 1. The van der Waals surface area contributed by atoms with Gasteiger partial charge in [0.15, 0.2) is 0 Å². The van der Waals surface area contributed by atoms with Crippen LogP contribution in [0.5, 0.6) is 0 Å². The molecule has 1 saturated heterocycles. The predicted molar refractivity (Wildman–Crippen MR) is 83.0 cm³/mol. The molecular weight excluding hydrogens is 266 g/mol. The van der Waals surface area contributed by atoms with Crippen LogP contribution in [0, 0.1) is 5.92 Å². The lowest BCUT2D eigenvalue weighted by atomic mass is 9.88. The maximum absolute atomic E-state index is 12.5. The quantitative estimate of drug-likeness (QED) is 0.806. The second-order valence-corrected chi connectivity index (χ2v) is 7.33. The summed E-state index contributed by atoms with van der Waals surface area (Å²) in [6.07, 6.45) is 5.73. The van der Waals surface area contributed by atoms with E-state index in [9.17, 15) is 9.59 Å². The van der Waals surface area contributed by atoms with Crippen molar-refractivity contribution in [1.29, 1.82) is 0 Å². The number of rotatable bonds is 1. The largest absolute Gasteiger partial charge is 0.339 e. The van der Waals surface area contributed by atoms with Crippen molar-refractivity contribution >= 4 is 11.9 Å². The first kappa shape index (κ1) is 16.1. The van der Waals surface area contributed by atoms with Gasteiger partial charge < -0.3 is 15.1 Å². The number of carbonyl (C=O) groups is 2. The van der Waals surface area contributed by atoms with Crippen molar-refractivity contribution in [3.8, 4) is 0 Å². The Hall–Kier alpha value is -1.26. The Morgan fingerprint density at radius 1 is 0.905 bits per heavy atom. The van der Waals surface area contributed by atoms with Crippen molar-refractivity contribution < 1.29 is 9.59 Å². The molecule has 1 heterocycles. The van der Waals surface area contributed by atoms with Crippen LogP contribution >= 0.6 is 0 Å². The van der Waals surface area contributed by atoms with Crippen LogP contribution in [0.15, 0.2) is 0 Å². The van der Waals surface area contributed by atoms with Gasteiger partial charge in [-0.15, -0.1) is 0 Å². The molecule has 0 aromatic carbocycles. The van der Waals surface area contributed by atoms with Crippen LogP contribution in [0.4, 0.5) is 4.79 Å². The minimum atomic E-state index is -0.216. The fraction of sp³-hybridized carbons (Fsp3) is 0.875. The van der Waals surface area contributed by atoms with Crippen LogP contribution in [-0.4, -0.2) is 53.5 Å². The standard InChI is InChI=1S/C16H29N3O2/c1-16(2,3)17-15(21)19-11-9-18(10-12-19)14(20)13-7-5-4-6-8-13/h13H,4-12H2,1-3H3,(H,17,21). The zero-order valence-corrected chi connectivity index (χ0v) is 13.7. The first-order chi connectivity index (χ1) is 9.87. The van der Waals surface area contributed by atoms with Crippen molar-refractivity contribution in [3.05, 3.63) is 0 Å². The van der Waals surface area contributed by atoms with Crippen molar-refractivity contribution in [2.75, 3.05) is 26.2 Å². The van der Waals surface area contributed by atoms with Gasteiger partial charge in [-0.25, -0.2) is 4.79 Å². The summed E-state index contributed by atoms with van der Waals surface area (Å²) < 4.78 is 0. The van der Waals surface area contributed by atoms with Gasteiger partial charge in [0.05, 0.1) is 0 Å². The van der Waals surface area contributed by atoms with Crippen LogP contribution in [0.2, 0.25) is 0 Å². The van der Waals surface area contributed by atoms with Crippen LogP contribution in [0.25, 0.3) is 0 Å². The monoisotopic (exact) mass is 295 g/mol. The lowest BCUT2D eigenvalue weighted by Crippen LogP contribution is -2.56. The highest BCUT2D eigenvalue weighted by Gasteiger charge is 2.30. The fourth-order valence-electron chi connectivity index (χ4n) is 3.14. The van der Waals surface area contributed by atoms with Gasteiger partial charge in [0.25, 0.3) is 0 Å². The first-order valence-electron chi connectivity index (χ1n) is 8.23. The van der Waals surface area contributed by atoms with Crippen LogP contribution in [-0.2, 0) is 4.79 Å². The maximum atomic E-state index is 12.5. The Kier molecular flexibility index (Phi) is 5.12. The minimum Gasteiger partial charge on any atom is -0.339 e. The van der Waals surface area contributed by atoms with E-state index in [1.165, 1.54) is 19.3 Å². The van der Waals surface area contributed by atoms with Gasteiger partial charge in [0.2, 0.25) is 5.91 Å². The van der Waals surface area contributed by atoms with Gasteiger partial charge in [-0.2, -0.15) is 0 Å². The van der Waals surface area contributed by atoms with E-state index in [1.54, 1.807) is 0 Å². The molecule has 0 unspecified atom stereocenters. The molecule has 1 saturated carbocycles. The highest BCUT2D eigenvalue weighted by molar-refractivity contribution is 5.80. The van der Waals surface area contributed by atoms with Gasteiger partial charge in [0.1, 0.15) is 0 Å². The summed E-state index contributed by atoms with van der Waals surface area (Å²) in [6.45, 7) is 8.57. The Labute approximate surface area is 128 Å². The van der Waals surface area contributed by atoms with Crippen LogP contribution in [0.3, 0.4) is 0 Å². The van der Waals surface area contributed by atoms with Crippen LogP contribution in [0.1, 0.15) is 52.9 Å². The summed E-state index contributed by atoms with van der Waals surface area (Å²) in [6, 6.07) is -0.0211. The summed E-state index contributed by atoms with van der Waals surface area (Å²) in [5.41, 5.74) is -0.216. The number of nitrogens with one attached hydrogen (secondary N) is 1. The van der Waals surface area contributed by atoms with E-state index in [2.05, 4.69) is 5.32 Å². The molecule has 0 atom stereocenters. The topological polar surface area (TPSA) is 52.7 Å². The van der Waals surface area contributed by atoms with Crippen molar-refractivity contribution in [3.63, 3.8) is 0 Å². The Balaban J connectivity index is 1.80. The van der Waals surface area contributed by atoms with Crippen molar-refractivity contribution in [1.82, 2.24) is 15.1 Å². The summed E-state index contributed by atoms with van der Waals surface area (Å²) in [7, 11) is 0. The number of amides is 3. The summed E-state index contributed by atoms with van der Waals surface area (Å²) in [5.74, 6) is 0.541. The first-order valence-corrected chi connectivity index (χ1v) is 8.23. The Morgan fingerprint density at radius 3 is 1.95 bits per heavy atom. The van der Waals surface area contributed by atoms with Crippen molar-refractivity contribution in [2.24, 2.45) is 5.92 Å². The molecule has 3 amide bonds. The Bertz CT molecular complexity index is 375. The normalized spacial score (nSPS) is 21.3. The van der Waals surface area contributed by atoms with E-state index in [1.807, 2.05) is 30.6 Å². The molecule has 0 spiro atoms. The molecule has 0 aromatic rings. The van der Waals surface area contributed by atoms with E-state index in [0.29, 0.717) is 32.1 Å². The number of hydrogen-bond acceptors (Lipinski definition) is 2. The summed E-state index contributed by atoms with van der Waals surface area (Å²) in [4.78, 5) is 28.3. The van der Waals surface area contributed by atoms with Gasteiger partial charge in [-0.1, -0.05) is 19.3 Å². The molecule has 2 rings (SSSR count). The molecule has 2 aliphatic rings. The minimum absolute atomic E-state index is 0.0211. The van der Waals surface area contributed by atoms with Crippen molar-refractivity contribution in [2.45, 2.75) is 58.4 Å². The van der Waals surface area contributed by atoms with Gasteiger partial charge in [-0.05, 0) is 33.6 Å². The second-order valence-electron chi connectivity index (χ2n) is 7.33. The van der Waals surface area contributed by atoms with E-state index in [-0.39, 0.29) is 17.5 Å². The number of nitrogens with zero attached hydrogens (tertiary/aromatic N) is 2. The van der Waals surface area contributed by atoms with Gasteiger partial charge >= 0.3 is 6.03 Å². The molecule has 0 aromatic heterocycles. The third-order valence-corrected chi connectivity index (χ3v) is 4.31. The smallest absolute Gasteiger partial charge is 0.317 e. The van der Waals surface area contributed by atoms with E-state index >= 15 is 0 Å². The summed E-state index contributed by atoms with van der Waals surface area (Å²) in [5, 5.41) is 2.98. The lowest BCUT2D eigenvalue weighted by molar-refractivity contribution is -0.138. The predicted octanol–water partition coefficient (Wildman–Crippen LogP) is 2.22. The summed E-state index contributed by atoms with van der Waals surface area (Å²) >= 11 is 0. The fourth-order valence-corrected chi connectivity index (χ4v) is 3.14. The third kappa shape index (κ3) is 4.61. The number of carbonyl (C=O) groups excluding carboxylic acids is 2. The molecule has 0 bridgehead atoms. The highest BCUT2D eigenvalue weighted by Crippen LogP contribution is 2.25. The molecule has 2 fully saturated rings. The maximum Gasteiger partial charge on any atom is 0.317 e. The molecule has 1 aliphatic carbocycles. The van der Waals surface area contributed by atoms with E-state index < -0.39 is 0 Å². The zero-order chi connectivity index (χ0) is 15.5. The molecule has 21 heavy (non-hydrogen) atoms. The third-order valence-electron chi connectivity index (χ3n) is 4.31. The average molecular weight is 295 g/mol. The molecule has 5 nitrogen and oxygen atoms in total. The Morgan fingerprint density at radius 2 is 1.43 bits per heavy atom. The number of urea groups is 1. The second kappa shape index (κ2) is 6.67. The molecule has 5 heteroatoms. The lowest BCUT2D eigenvalue weighted by Gasteiger charge is -2.38. The highest BCUT2D eigenvalue weighted by atomic mass is 16.2. The molecule has 1 aliphatic heterocycles. The number of piperazine rings is 1. The molecule has 0 radical (unpaired) electrons. The molecule has 120 valence electrons. The van der Waals surface area contributed by atoms with Crippen LogP contribution < -0.4 is 5.32 Å². The molecule has 1 N–H and O–H groups in total. The SMILES string of the molecule is CC(C)(C)NC(=O)N1CCN(C(=O)C2CCCCC2)CC1. The molecular formula is C16H29N3O2.